The first kappa shape index (κ1) is 12.9. The number of nitro benzene ring substituents is 1. The van der Waals surface area contributed by atoms with Gasteiger partial charge in [0.25, 0.3) is 5.69 Å². The van der Waals surface area contributed by atoms with E-state index in [1.54, 1.807) is 23.9 Å². The summed E-state index contributed by atoms with van der Waals surface area (Å²) < 4.78 is 5.73. The van der Waals surface area contributed by atoms with Crippen LogP contribution in [-0.4, -0.2) is 22.3 Å². The molecule has 0 spiro atoms. The van der Waals surface area contributed by atoms with Crippen molar-refractivity contribution in [3.05, 3.63) is 48.4 Å². The Labute approximate surface area is 127 Å². The minimum atomic E-state index is -0.401. The minimum Gasteiger partial charge on any atom is -0.493 e. The molecule has 0 aliphatic carbocycles. The number of fused-ring (bicyclic) bond motifs is 5. The smallest absolute Gasteiger partial charge is 0.305 e. The van der Waals surface area contributed by atoms with Crippen LogP contribution >= 0.6 is 23.1 Å². The molecule has 1 aromatic heterocycles. The van der Waals surface area contributed by atoms with Gasteiger partial charge in [0.1, 0.15) is 5.75 Å². The highest BCUT2D eigenvalue weighted by Crippen LogP contribution is 2.50. The number of rotatable bonds is 1. The monoisotopic (exact) mass is 322 g/mol. The molecule has 0 saturated carbocycles. The predicted octanol–water partition coefficient (Wildman–Crippen LogP) is 2.59. The Bertz CT molecular complexity index is 798. The van der Waals surface area contributed by atoms with Crippen molar-refractivity contribution in [2.24, 2.45) is 5.92 Å². The van der Waals surface area contributed by atoms with E-state index in [0.717, 1.165) is 21.2 Å². The Morgan fingerprint density at radius 1 is 1.43 bits per heavy atom. The fourth-order valence-electron chi connectivity index (χ4n) is 2.90. The zero-order valence-electron chi connectivity index (χ0n) is 10.7. The SMILES string of the molecule is O=c1[nH]c2c(s1)[C@@H]1c3cc([N+](=O)[O-])ccc3OC[C@@H]1CS2. The van der Waals surface area contributed by atoms with E-state index in [9.17, 15) is 14.9 Å². The number of non-ortho nitro benzene ring substituents is 1. The maximum absolute atomic E-state index is 11.6. The van der Waals surface area contributed by atoms with Gasteiger partial charge in [-0.2, -0.15) is 0 Å². The molecule has 1 N–H and O–H groups in total. The molecule has 6 nitrogen and oxygen atoms in total. The van der Waals surface area contributed by atoms with Crippen LogP contribution in [0.2, 0.25) is 0 Å². The van der Waals surface area contributed by atoms with Gasteiger partial charge in [-0.15, -0.1) is 11.8 Å². The molecule has 8 heteroatoms. The summed E-state index contributed by atoms with van der Waals surface area (Å²) >= 11 is 2.82. The van der Waals surface area contributed by atoms with Crippen molar-refractivity contribution in [3.63, 3.8) is 0 Å². The maximum Gasteiger partial charge on any atom is 0.305 e. The van der Waals surface area contributed by atoms with Gasteiger partial charge in [-0.3, -0.25) is 14.9 Å². The van der Waals surface area contributed by atoms with E-state index in [2.05, 4.69) is 4.98 Å². The molecule has 0 unspecified atom stereocenters. The number of thioether (sulfide) groups is 1. The second kappa shape index (κ2) is 4.60. The molecule has 2 aromatic rings. The predicted molar refractivity (Wildman–Crippen MR) is 79.6 cm³/mol. The number of benzene rings is 1. The molecule has 0 bridgehead atoms. The molecule has 3 heterocycles. The summed E-state index contributed by atoms with van der Waals surface area (Å²) in [7, 11) is 0. The molecule has 0 radical (unpaired) electrons. The second-order valence-electron chi connectivity index (χ2n) is 5.05. The molecule has 2 aliphatic heterocycles. The number of nitrogens with zero attached hydrogens (tertiary/aromatic N) is 1. The van der Waals surface area contributed by atoms with E-state index in [-0.39, 0.29) is 22.4 Å². The van der Waals surface area contributed by atoms with Crippen molar-refractivity contribution >= 4 is 28.8 Å². The number of nitrogens with one attached hydrogen (secondary N) is 1. The maximum atomic E-state index is 11.6. The second-order valence-corrected chi connectivity index (χ2v) is 7.09. The van der Waals surface area contributed by atoms with Crippen LogP contribution in [0.3, 0.4) is 0 Å². The highest BCUT2D eigenvalue weighted by atomic mass is 32.2. The van der Waals surface area contributed by atoms with Gasteiger partial charge >= 0.3 is 4.87 Å². The van der Waals surface area contributed by atoms with Crippen LogP contribution in [0, 0.1) is 16.0 Å². The van der Waals surface area contributed by atoms with E-state index in [4.69, 9.17) is 4.74 Å². The van der Waals surface area contributed by atoms with Crippen LogP contribution in [0.4, 0.5) is 5.69 Å². The Kier molecular flexibility index (Phi) is 2.83. The first-order chi connectivity index (χ1) is 10.1. The van der Waals surface area contributed by atoms with E-state index in [1.807, 2.05) is 0 Å². The molecule has 21 heavy (non-hydrogen) atoms. The lowest BCUT2D eigenvalue weighted by molar-refractivity contribution is -0.385. The van der Waals surface area contributed by atoms with Gasteiger partial charge in [0.15, 0.2) is 0 Å². The highest BCUT2D eigenvalue weighted by molar-refractivity contribution is 7.99. The normalized spacial score (nSPS) is 22.7. The lowest BCUT2D eigenvalue weighted by atomic mass is 9.83. The van der Waals surface area contributed by atoms with Crippen LogP contribution in [0.25, 0.3) is 0 Å². The number of H-pyrrole nitrogens is 1. The van der Waals surface area contributed by atoms with Crippen molar-refractivity contribution in [1.29, 1.82) is 0 Å². The van der Waals surface area contributed by atoms with E-state index >= 15 is 0 Å². The first-order valence-corrected chi connectivity index (χ1v) is 8.20. The number of hydrogen-bond donors (Lipinski definition) is 1. The van der Waals surface area contributed by atoms with Crippen LogP contribution in [-0.2, 0) is 0 Å². The summed E-state index contributed by atoms with van der Waals surface area (Å²) in [5.74, 6) is 1.77. The minimum absolute atomic E-state index is 0.00819. The number of aromatic nitrogens is 1. The Morgan fingerprint density at radius 3 is 3.10 bits per heavy atom. The summed E-state index contributed by atoms with van der Waals surface area (Å²) in [4.78, 5) is 26.0. The molecule has 0 fully saturated rings. The van der Waals surface area contributed by atoms with Crippen molar-refractivity contribution in [2.75, 3.05) is 12.4 Å². The highest BCUT2D eigenvalue weighted by Gasteiger charge is 2.39. The molecule has 0 amide bonds. The van der Waals surface area contributed by atoms with Crippen LogP contribution in [0.1, 0.15) is 16.4 Å². The summed E-state index contributed by atoms with van der Waals surface area (Å²) in [6, 6.07) is 4.69. The third-order valence-corrected chi connectivity index (χ3v) is 6.13. The van der Waals surface area contributed by atoms with Gasteiger partial charge in [0.05, 0.1) is 16.6 Å². The average Bonchev–Trinajstić information content (AvgIpc) is 2.86. The molecule has 1 aromatic carbocycles. The number of ether oxygens (including phenoxy) is 1. The fraction of sp³-hybridized carbons (Fsp3) is 0.308. The molecule has 4 rings (SSSR count). The quantitative estimate of drug-likeness (QED) is 0.644. The molecular formula is C13H10N2O4S2. The standard InChI is InChI=1S/C13H10N2O4S2/c16-13-14-12-11(21-13)10-6(5-20-12)4-19-9-2-1-7(15(17)18)3-8(9)10/h1-3,6,10H,4-5H2,(H,14,16)/t6-,10+/m1/s1. The molecule has 0 saturated heterocycles. The zero-order valence-corrected chi connectivity index (χ0v) is 12.3. The van der Waals surface area contributed by atoms with Gasteiger partial charge in [0, 0.05) is 40.2 Å². The van der Waals surface area contributed by atoms with Crippen molar-refractivity contribution in [2.45, 2.75) is 10.9 Å². The summed E-state index contributed by atoms with van der Waals surface area (Å²) in [6.07, 6.45) is 0. The Hall–Kier alpha value is -1.80. The van der Waals surface area contributed by atoms with Gasteiger partial charge in [0.2, 0.25) is 0 Å². The van der Waals surface area contributed by atoms with Gasteiger partial charge in [-0.25, -0.2) is 0 Å². The van der Waals surface area contributed by atoms with E-state index in [0.29, 0.717) is 12.4 Å². The number of aromatic amines is 1. The van der Waals surface area contributed by atoms with E-state index in [1.165, 1.54) is 17.4 Å². The summed E-state index contributed by atoms with van der Waals surface area (Å²) in [5, 5.41) is 11.9. The van der Waals surface area contributed by atoms with Crippen LogP contribution in [0.5, 0.6) is 5.75 Å². The molecule has 108 valence electrons. The number of nitro groups is 1. The fourth-order valence-corrected chi connectivity index (χ4v) is 5.31. The number of hydrogen-bond acceptors (Lipinski definition) is 6. The number of thiazole rings is 1. The molecular weight excluding hydrogens is 312 g/mol. The van der Waals surface area contributed by atoms with Crippen molar-refractivity contribution in [3.8, 4) is 5.75 Å². The van der Waals surface area contributed by atoms with Gasteiger partial charge in [-0.1, -0.05) is 11.3 Å². The van der Waals surface area contributed by atoms with Crippen molar-refractivity contribution in [1.82, 2.24) is 4.98 Å². The van der Waals surface area contributed by atoms with E-state index < -0.39 is 4.92 Å². The Balaban J connectivity index is 1.91. The third kappa shape index (κ3) is 1.97. The lowest BCUT2D eigenvalue weighted by Crippen LogP contribution is -2.30. The third-order valence-electron chi connectivity index (χ3n) is 3.83. The summed E-state index contributed by atoms with van der Waals surface area (Å²) in [6.45, 7) is 0.577. The first-order valence-electron chi connectivity index (χ1n) is 6.40. The summed E-state index contributed by atoms with van der Waals surface area (Å²) in [5.41, 5.74) is 0.873. The topological polar surface area (TPSA) is 85.2 Å². The van der Waals surface area contributed by atoms with Gasteiger partial charge in [-0.05, 0) is 6.07 Å². The van der Waals surface area contributed by atoms with Gasteiger partial charge < -0.3 is 9.72 Å². The Morgan fingerprint density at radius 2 is 2.29 bits per heavy atom. The van der Waals surface area contributed by atoms with Crippen LogP contribution in [0.15, 0.2) is 28.0 Å². The molecule has 2 atom stereocenters. The largest absolute Gasteiger partial charge is 0.493 e. The lowest BCUT2D eigenvalue weighted by Gasteiger charge is -2.35. The molecule has 2 aliphatic rings. The van der Waals surface area contributed by atoms with Crippen LogP contribution < -0.4 is 9.61 Å². The van der Waals surface area contributed by atoms with Crippen molar-refractivity contribution < 1.29 is 9.66 Å². The average molecular weight is 322 g/mol. The zero-order chi connectivity index (χ0) is 14.6.